The largest absolute Gasteiger partial charge is 0.298 e. The normalized spacial score (nSPS) is 11.6. The zero-order chi connectivity index (χ0) is 21.4. The predicted octanol–water partition coefficient (Wildman–Crippen LogP) is 6.29. The maximum absolute atomic E-state index is 6.23. The average Bonchev–Trinajstić information content (AvgIpc) is 3.05. The van der Waals surface area contributed by atoms with Gasteiger partial charge in [0.1, 0.15) is 6.33 Å². The van der Waals surface area contributed by atoms with Crippen LogP contribution >= 0.6 is 11.6 Å². The molecule has 1 N–H and O–H groups in total. The molecule has 2 aromatic heterocycles. The summed E-state index contributed by atoms with van der Waals surface area (Å²) in [6, 6.07) is 22.2. The fourth-order valence-corrected chi connectivity index (χ4v) is 4.13. The maximum atomic E-state index is 6.23. The van der Waals surface area contributed by atoms with E-state index < -0.39 is 0 Å². The standard InChI is InChI=1S/C25H20ClN5/c1-16-17(2)31(21-11-6-10-20(26)13-21)25-23(16)24(27-15-28-25)30-29-14-19-9-5-8-18-7-3-4-12-22(18)19/h3-15H,1-2H3,(H,27,28,30)/b29-14+. The molecule has 0 spiro atoms. The Labute approximate surface area is 185 Å². The quantitative estimate of drug-likeness (QED) is 0.272. The topological polar surface area (TPSA) is 55.1 Å². The molecule has 6 heteroatoms. The molecule has 5 rings (SSSR count). The highest BCUT2D eigenvalue weighted by Gasteiger charge is 2.17. The molecule has 2 heterocycles. The lowest BCUT2D eigenvalue weighted by molar-refractivity contribution is 1.01. The fraction of sp³-hybridized carbons (Fsp3) is 0.0800. The van der Waals surface area contributed by atoms with Crippen LogP contribution in [0.15, 0.2) is 78.2 Å². The first-order valence-corrected chi connectivity index (χ1v) is 10.4. The number of benzene rings is 3. The molecular formula is C25H20ClN5. The van der Waals surface area contributed by atoms with Gasteiger partial charge in [-0.15, -0.1) is 0 Å². The SMILES string of the molecule is Cc1c(C)n(-c2cccc(Cl)c2)c2ncnc(N/N=C/c3cccc4ccccc34)c12. The lowest BCUT2D eigenvalue weighted by Gasteiger charge is -2.08. The molecule has 152 valence electrons. The fourth-order valence-electron chi connectivity index (χ4n) is 3.94. The number of fused-ring (bicyclic) bond motifs is 2. The van der Waals surface area contributed by atoms with Crippen molar-refractivity contribution in [2.24, 2.45) is 5.10 Å². The van der Waals surface area contributed by atoms with Crippen LogP contribution < -0.4 is 5.43 Å². The van der Waals surface area contributed by atoms with Crippen LogP contribution in [0.2, 0.25) is 5.02 Å². The Morgan fingerprint density at radius 2 is 1.77 bits per heavy atom. The third-order valence-electron chi connectivity index (χ3n) is 5.56. The second-order valence-corrected chi connectivity index (χ2v) is 7.82. The van der Waals surface area contributed by atoms with Gasteiger partial charge in [-0.2, -0.15) is 5.10 Å². The van der Waals surface area contributed by atoms with Crippen molar-refractivity contribution in [1.82, 2.24) is 14.5 Å². The Bertz CT molecular complexity index is 1450. The molecule has 0 radical (unpaired) electrons. The zero-order valence-corrected chi connectivity index (χ0v) is 17.9. The third-order valence-corrected chi connectivity index (χ3v) is 5.79. The first-order chi connectivity index (χ1) is 15.1. The summed E-state index contributed by atoms with van der Waals surface area (Å²) < 4.78 is 2.10. The highest BCUT2D eigenvalue weighted by molar-refractivity contribution is 6.30. The number of anilines is 1. The monoisotopic (exact) mass is 425 g/mol. The molecular weight excluding hydrogens is 406 g/mol. The van der Waals surface area contributed by atoms with Gasteiger partial charge >= 0.3 is 0 Å². The third kappa shape index (κ3) is 3.43. The number of nitrogens with one attached hydrogen (secondary N) is 1. The number of hydrazone groups is 1. The van der Waals surface area contributed by atoms with E-state index in [1.54, 1.807) is 6.33 Å². The number of aryl methyl sites for hydroxylation is 1. The zero-order valence-electron chi connectivity index (χ0n) is 17.2. The smallest absolute Gasteiger partial charge is 0.159 e. The molecule has 0 aliphatic heterocycles. The Balaban J connectivity index is 1.55. The van der Waals surface area contributed by atoms with E-state index in [9.17, 15) is 0 Å². The van der Waals surface area contributed by atoms with E-state index in [1.165, 1.54) is 5.39 Å². The van der Waals surface area contributed by atoms with Gasteiger partial charge in [0.25, 0.3) is 0 Å². The van der Waals surface area contributed by atoms with Crippen LogP contribution in [0.5, 0.6) is 0 Å². The molecule has 0 saturated heterocycles. The summed E-state index contributed by atoms with van der Waals surface area (Å²) in [6.45, 7) is 4.14. The van der Waals surface area contributed by atoms with E-state index in [0.29, 0.717) is 10.8 Å². The van der Waals surface area contributed by atoms with E-state index in [2.05, 4.69) is 57.1 Å². The van der Waals surface area contributed by atoms with Crippen LogP contribution in [0.25, 0.3) is 27.5 Å². The van der Waals surface area contributed by atoms with Crippen molar-refractivity contribution in [2.45, 2.75) is 13.8 Å². The number of rotatable bonds is 4. The van der Waals surface area contributed by atoms with Gasteiger partial charge < -0.3 is 0 Å². The van der Waals surface area contributed by atoms with Gasteiger partial charge in [-0.25, -0.2) is 9.97 Å². The Morgan fingerprint density at radius 1 is 0.968 bits per heavy atom. The molecule has 31 heavy (non-hydrogen) atoms. The summed E-state index contributed by atoms with van der Waals surface area (Å²) in [5.74, 6) is 0.669. The number of nitrogens with zero attached hydrogens (tertiary/aromatic N) is 4. The van der Waals surface area contributed by atoms with Crippen LogP contribution in [0.3, 0.4) is 0 Å². The Kier molecular flexibility index (Phi) is 4.88. The molecule has 5 aromatic rings. The van der Waals surface area contributed by atoms with Gasteiger partial charge in [0.15, 0.2) is 11.5 Å². The molecule has 0 aliphatic carbocycles. The molecule has 3 aromatic carbocycles. The highest BCUT2D eigenvalue weighted by atomic mass is 35.5. The minimum absolute atomic E-state index is 0.669. The second kappa shape index (κ2) is 7.85. The molecule has 0 aliphatic rings. The molecule has 0 fully saturated rings. The summed E-state index contributed by atoms with van der Waals surface area (Å²) >= 11 is 6.23. The Morgan fingerprint density at radius 3 is 2.65 bits per heavy atom. The summed E-state index contributed by atoms with van der Waals surface area (Å²) in [4.78, 5) is 9.01. The Hall–Kier alpha value is -3.70. The van der Waals surface area contributed by atoms with Crippen LogP contribution in [-0.4, -0.2) is 20.7 Å². The lowest BCUT2D eigenvalue weighted by Crippen LogP contribution is -1.99. The van der Waals surface area contributed by atoms with Crippen LogP contribution in [-0.2, 0) is 0 Å². The van der Waals surface area contributed by atoms with Gasteiger partial charge in [0.2, 0.25) is 0 Å². The van der Waals surface area contributed by atoms with E-state index in [1.807, 2.05) is 54.7 Å². The summed E-state index contributed by atoms with van der Waals surface area (Å²) in [5, 5.41) is 8.44. The van der Waals surface area contributed by atoms with Gasteiger partial charge in [-0.05, 0) is 48.4 Å². The van der Waals surface area contributed by atoms with Crippen molar-refractivity contribution in [3.05, 3.63) is 94.9 Å². The predicted molar refractivity (Wildman–Crippen MR) is 129 cm³/mol. The lowest BCUT2D eigenvalue weighted by atomic mass is 10.1. The molecule has 0 bridgehead atoms. The van der Waals surface area contributed by atoms with Crippen molar-refractivity contribution in [2.75, 3.05) is 5.43 Å². The minimum Gasteiger partial charge on any atom is -0.298 e. The first kappa shape index (κ1) is 19.3. The maximum Gasteiger partial charge on any atom is 0.159 e. The van der Waals surface area contributed by atoms with Crippen molar-refractivity contribution in [3.63, 3.8) is 0 Å². The molecule has 5 nitrogen and oxygen atoms in total. The van der Waals surface area contributed by atoms with E-state index in [0.717, 1.165) is 38.9 Å². The molecule has 0 saturated carbocycles. The number of hydrogen-bond donors (Lipinski definition) is 1. The van der Waals surface area contributed by atoms with E-state index in [-0.39, 0.29) is 0 Å². The summed E-state index contributed by atoms with van der Waals surface area (Å²) in [6.07, 6.45) is 3.38. The van der Waals surface area contributed by atoms with Crippen molar-refractivity contribution in [3.8, 4) is 5.69 Å². The highest BCUT2D eigenvalue weighted by Crippen LogP contribution is 2.31. The summed E-state index contributed by atoms with van der Waals surface area (Å²) in [5.41, 5.74) is 8.12. The minimum atomic E-state index is 0.669. The van der Waals surface area contributed by atoms with Crippen molar-refractivity contribution in [1.29, 1.82) is 0 Å². The van der Waals surface area contributed by atoms with E-state index >= 15 is 0 Å². The van der Waals surface area contributed by atoms with Gasteiger partial charge in [0, 0.05) is 22.0 Å². The van der Waals surface area contributed by atoms with Crippen LogP contribution in [0.1, 0.15) is 16.8 Å². The molecule has 0 unspecified atom stereocenters. The van der Waals surface area contributed by atoms with Gasteiger partial charge in [-0.1, -0.05) is 60.1 Å². The van der Waals surface area contributed by atoms with Gasteiger partial charge in [0.05, 0.1) is 11.6 Å². The van der Waals surface area contributed by atoms with Gasteiger partial charge in [-0.3, -0.25) is 9.99 Å². The van der Waals surface area contributed by atoms with E-state index in [4.69, 9.17) is 11.6 Å². The first-order valence-electron chi connectivity index (χ1n) is 9.99. The number of halogens is 1. The number of aromatic nitrogens is 3. The average molecular weight is 426 g/mol. The molecule has 0 atom stereocenters. The van der Waals surface area contributed by atoms with Crippen LogP contribution in [0.4, 0.5) is 5.82 Å². The second-order valence-electron chi connectivity index (χ2n) is 7.38. The van der Waals surface area contributed by atoms with Crippen LogP contribution in [0, 0.1) is 13.8 Å². The van der Waals surface area contributed by atoms with Crippen molar-refractivity contribution < 1.29 is 0 Å². The molecule has 0 amide bonds. The number of hydrogen-bond acceptors (Lipinski definition) is 4. The van der Waals surface area contributed by atoms with Crippen molar-refractivity contribution >= 4 is 45.4 Å². The summed E-state index contributed by atoms with van der Waals surface area (Å²) in [7, 11) is 0.